The van der Waals surface area contributed by atoms with Gasteiger partial charge in [-0.1, -0.05) is 54.1 Å². The van der Waals surface area contributed by atoms with Crippen molar-refractivity contribution in [2.45, 2.75) is 37.2 Å². The minimum atomic E-state index is -3.93. The molecule has 1 aliphatic heterocycles. The van der Waals surface area contributed by atoms with Gasteiger partial charge in [0.25, 0.3) is 0 Å². The summed E-state index contributed by atoms with van der Waals surface area (Å²) in [5.74, 6) is 0.353. The zero-order chi connectivity index (χ0) is 30.8. The molecule has 1 saturated heterocycles. The standard InChI is InChI=1S/C32H40N4O6S/c1-25-12-14-26(15-13-25)23-36(31(37)24-35(20-21-41-2)43(39,40)30-10-5-4-6-11-30)28-16-18-34(19-17-28)32(38)33-27-8-7-9-29(22-27)42-3/h4-15,22,28H,16-21,23-24H2,1-3H3,(H,33,38). The molecule has 1 heterocycles. The Balaban J connectivity index is 1.50. The van der Waals surface area contributed by atoms with E-state index in [4.69, 9.17) is 9.47 Å². The van der Waals surface area contributed by atoms with Crippen molar-refractivity contribution in [2.75, 3.05) is 52.3 Å². The molecule has 0 aromatic heterocycles. The lowest BCUT2D eigenvalue weighted by Gasteiger charge is -2.39. The number of aryl methyl sites for hydroxylation is 1. The first-order chi connectivity index (χ1) is 20.7. The molecule has 3 amide bonds. The van der Waals surface area contributed by atoms with Crippen LogP contribution in [0.1, 0.15) is 24.0 Å². The largest absolute Gasteiger partial charge is 0.497 e. The fraction of sp³-hybridized carbons (Fsp3) is 0.375. The smallest absolute Gasteiger partial charge is 0.321 e. The van der Waals surface area contributed by atoms with Crippen LogP contribution in [0.3, 0.4) is 0 Å². The Morgan fingerprint density at radius 3 is 2.30 bits per heavy atom. The third-order valence-electron chi connectivity index (χ3n) is 7.54. The van der Waals surface area contributed by atoms with Crippen molar-refractivity contribution in [3.63, 3.8) is 0 Å². The molecule has 43 heavy (non-hydrogen) atoms. The van der Waals surface area contributed by atoms with Gasteiger partial charge in [0.15, 0.2) is 0 Å². The summed E-state index contributed by atoms with van der Waals surface area (Å²) < 4.78 is 38.6. The number of ether oxygens (including phenoxy) is 2. The Morgan fingerprint density at radius 2 is 1.65 bits per heavy atom. The van der Waals surface area contributed by atoms with E-state index in [0.29, 0.717) is 43.9 Å². The van der Waals surface area contributed by atoms with E-state index in [1.165, 1.54) is 23.5 Å². The quantitative estimate of drug-likeness (QED) is 0.327. The summed E-state index contributed by atoms with van der Waals surface area (Å²) in [6.45, 7) is 3.12. The number of carbonyl (C=O) groups excluding carboxylic acids is 2. The van der Waals surface area contributed by atoms with Crippen LogP contribution in [0.15, 0.2) is 83.8 Å². The number of methoxy groups -OCH3 is 2. The molecule has 10 nitrogen and oxygen atoms in total. The fourth-order valence-electron chi connectivity index (χ4n) is 5.06. The number of carbonyl (C=O) groups is 2. The number of piperidine rings is 1. The summed E-state index contributed by atoms with van der Waals surface area (Å²) in [6, 6.07) is 22.8. The van der Waals surface area contributed by atoms with E-state index in [1.807, 2.05) is 43.3 Å². The molecular weight excluding hydrogens is 568 g/mol. The van der Waals surface area contributed by atoms with Crippen molar-refractivity contribution < 1.29 is 27.5 Å². The van der Waals surface area contributed by atoms with Crippen molar-refractivity contribution in [3.05, 3.63) is 90.0 Å². The van der Waals surface area contributed by atoms with Gasteiger partial charge in [-0.25, -0.2) is 13.2 Å². The van der Waals surface area contributed by atoms with Crippen molar-refractivity contribution in [2.24, 2.45) is 0 Å². The summed E-state index contributed by atoms with van der Waals surface area (Å²) in [5, 5.41) is 2.92. The van der Waals surface area contributed by atoms with Gasteiger partial charge in [0.1, 0.15) is 5.75 Å². The van der Waals surface area contributed by atoms with Crippen LogP contribution in [-0.4, -0.2) is 87.5 Å². The molecule has 230 valence electrons. The molecule has 0 aliphatic carbocycles. The van der Waals surface area contributed by atoms with Crippen LogP contribution in [0.4, 0.5) is 10.5 Å². The first-order valence-corrected chi connectivity index (χ1v) is 15.7. The van der Waals surface area contributed by atoms with Crippen LogP contribution >= 0.6 is 0 Å². The van der Waals surface area contributed by atoms with Gasteiger partial charge in [0.05, 0.1) is 25.2 Å². The predicted molar refractivity (Wildman–Crippen MR) is 165 cm³/mol. The summed E-state index contributed by atoms with van der Waals surface area (Å²) in [6.07, 6.45) is 1.12. The van der Waals surface area contributed by atoms with Crippen LogP contribution in [0.25, 0.3) is 0 Å². The second-order valence-electron chi connectivity index (χ2n) is 10.5. The van der Waals surface area contributed by atoms with Gasteiger partial charge in [-0.15, -0.1) is 0 Å². The average Bonchev–Trinajstić information content (AvgIpc) is 3.03. The summed E-state index contributed by atoms with van der Waals surface area (Å²) in [4.78, 5) is 30.6. The number of amides is 3. The highest BCUT2D eigenvalue weighted by molar-refractivity contribution is 7.89. The number of nitrogens with zero attached hydrogens (tertiary/aromatic N) is 3. The van der Waals surface area contributed by atoms with Gasteiger partial charge in [-0.3, -0.25) is 4.79 Å². The second-order valence-corrected chi connectivity index (χ2v) is 12.5. The van der Waals surface area contributed by atoms with E-state index in [1.54, 1.807) is 47.2 Å². The summed E-state index contributed by atoms with van der Waals surface area (Å²) in [5.41, 5.74) is 2.70. The van der Waals surface area contributed by atoms with E-state index in [2.05, 4.69) is 5.32 Å². The molecule has 0 saturated carbocycles. The van der Waals surface area contributed by atoms with Gasteiger partial charge >= 0.3 is 6.03 Å². The van der Waals surface area contributed by atoms with Crippen LogP contribution in [0, 0.1) is 6.92 Å². The number of benzene rings is 3. The fourth-order valence-corrected chi connectivity index (χ4v) is 6.45. The maximum Gasteiger partial charge on any atom is 0.321 e. The van der Waals surface area contributed by atoms with Gasteiger partial charge in [0, 0.05) is 51.1 Å². The number of rotatable bonds is 12. The van der Waals surface area contributed by atoms with Crippen molar-refractivity contribution in [3.8, 4) is 5.75 Å². The number of nitrogens with one attached hydrogen (secondary N) is 1. The molecule has 0 atom stereocenters. The Hall–Kier alpha value is -3.93. The second kappa shape index (κ2) is 15.0. The normalized spacial score (nSPS) is 14.0. The Bertz CT molecular complexity index is 1460. The maximum absolute atomic E-state index is 14.0. The number of urea groups is 1. The molecule has 3 aromatic rings. The number of sulfonamides is 1. The lowest BCUT2D eigenvalue weighted by Crippen LogP contribution is -2.52. The number of hydrogen-bond donors (Lipinski definition) is 1. The van der Waals surface area contributed by atoms with Crippen molar-refractivity contribution in [1.29, 1.82) is 0 Å². The lowest BCUT2D eigenvalue weighted by molar-refractivity contribution is -0.135. The molecule has 11 heteroatoms. The Kier molecular flexibility index (Phi) is 11.2. The minimum absolute atomic E-state index is 0.0424. The van der Waals surface area contributed by atoms with Crippen LogP contribution in [-0.2, 0) is 26.1 Å². The predicted octanol–water partition coefficient (Wildman–Crippen LogP) is 4.37. The zero-order valence-electron chi connectivity index (χ0n) is 24.9. The van der Waals surface area contributed by atoms with E-state index < -0.39 is 10.0 Å². The molecule has 0 radical (unpaired) electrons. The van der Waals surface area contributed by atoms with Crippen LogP contribution in [0.5, 0.6) is 5.75 Å². The van der Waals surface area contributed by atoms with Gasteiger partial charge in [0.2, 0.25) is 15.9 Å². The summed E-state index contributed by atoms with van der Waals surface area (Å²) >= 11 is 0. The van der Waals surface area contributed by atoms with Gasteiger partial charge < -0.3 is 24.6 Å². The lowest BCUT2D eigenvalue weighted by atomic mass is 10.0. The number of anilines is 1. The van der Waals surface area contributed by atoms with Crippen molar-refractivity contribution >= 4 is 27.6 Å². The third-order valence-corrected chi connectivity index (χ3v) is 9.40. The Morgan fingerprint density at radius 1 is 0.953 bits per heavy atom. The highest BCUT2D eigenvalue weighted by atomic mass is 32.2. The van der Waals surface area contributed by atoms with Crippen molar-refractivity contribution in [1.82, 2.24) is 14.1 Å². The molecule has 3 aromatic carbocycles. The highest BCUT2D eigenvalue weighted by Crippen LogP contribution is 2.23. The van der Waals surface area contributed by atoms with E-state index in [-0.39, 0.29) is 42.6 Å². The monoisotopic (exact) mass is 608 g/mol. The van der Waals surface area contributed by atoms with Gasteiger partial charge in [-0.05, 0) is 49.6 Å². The van der Waals surface area contributed by atoms with E-state index in [9.17, 15) is 18.0 Å². The van der Waals surface area contributed by atoms with E-state index in [0.717, 1.165) is 11.1 Å². The Labute approximate surface area is 254 Å². The molecule has 0 spiro atoms. The molecular formula is C32H40N4O6S. The zero-order valence-corrected chi connectivity index (χ0v) is 25.8. The third kappa shape index (κ3) is 8.56. The highest BCUT2D eigenvalue weighted by Gasteiger charge is 2.33. The SMILES string of the molecule is COCCN(CC(=O)N(Cc1ccc(C)cc1)C1CCN(C(=O)Nc2cccc(OC)c2)CC1)S(=O)(=O)c1ccccc1. The molecule has 1 aliphatic rings. The molecule has 1 N–H and O–H groups in total. The number of likely N-dealkylation sites (tertiary alicyclic amines) is 1. The molecule has 1 fully saturated rings. The first kappa shape index (κ1) is 32.0. The minimum Gasteiger partial charge on any atom is -0.497 e. The molecule has 0 unspecified atom stereocenters. The van der Waals surface area contributed by atoms with Crippen LogP contribution < -0.4 is 10.1 Å². The molecule has 0 bridgehead atoms. The average molecular weight is 609 g/mol. The van der Waals surface area contributed by atoms with Crippen LogP contribution in [0.2, 0.25) is 0 Å². The molecule has 4 rings (SSSR count). The number of hydrogen-bond acceptors (Lipinski definition) is 6. The first-order valence-electron chi connectivity index (χ1n) is 14.3. The van der Waals surface area contributed by atoms with E-state index >= 15 is 0 Å². The van der Waals surface area contributed by atoms with Gasteiger partial charge in [-0.2, -0.15) is 4.31 Å². The topological polar surface area (TPSA) is 108 Å². The maximum atomic E-state index is 14.0. The summed E-state index contributed by atoms with van der Waals surface area (Å²) in [7, 11) is -0.860.